The molecule has 0 fully saturated rings. The van der Waals surface area contributed by atoms with Crippen molar-refractivity contribution >= 4 is 0 Å². The van der Waals surface area contributed by atoms with Gasteiger partial charge in [-0.2, -0.15) is 13.2 Å². The zero-order valence-electron chi connectivity index (χ0n) is 18.2. The minimum absolute atomic E-state index is 0.000402. The molecule has 0 atom stereocenters. The fourth-order valence-corrected chi connectivity index (χ4v) is 3.45. The SMILES string of the molecule is CC(C)(C)c1ccc(C(C)(C)CCC(C)(C)c2ccc(C(F)(F)F)cc2)cc1. The van der Waals surface area contributed by atoms with E-state index in [0.29, 0.717) is 0 Å². The predicted octanol–water partition coefficient (Wildman–Crippen LogP) is 8.04. The lowest BCUT2D eigenvalue weighted by molar-refractivity contribution is -0.137. The largest absolute Gasteiger partial charge is 0.416 e. The van der Waals surface area contributed by atoms with Gasteiger partial charge in [-0.25, -0.2) is 0 Å². The van der Waals surface area contributed by atoms with Crippen molar-refractivity contribution in [1.29, 1.82) is 0 Å². The van der Waals surface area contributed by atoms with Gasteiger partial charge in [-0.3, -0.25) is 0 Å². The molecule has 0 aliphatic heterocycles. The molecule has 2 aromatic rings. The molecule has 2 rings (SSSR count). The molecule has 0 N–H and O–H groups in total. The van der Waals surface area contributed by atoms with Crippen LogP contribution < -0.4 is 0 Å². The first-order valence-corrected chi connectivity index (χ1v) is 9.92. The van der Waals surface area contributed by atoms with Gasteiger partial charge in [0.05, 0.1) is 5.56 Å². The minimum Gasteiger partial charge on any atom is -0.166 e. The zero-order chi connectivity index (χ0) is 21.4. The molecular weight excluding hydrogens is 357 g/mol. The van der Waals surface area contributed by atoms with Gasteiger partial charge in [-0.15, -0.1) is 0 Å². The molecule has 2 aromatic carbocycles. The van der Waals surface area contributed by atoms with E-state index in [2.05, 4.69) is 72.7 Å². The van der Waals surface area contributed by atoms with Crippen LogP contribution in [0.2, 0.25) is 0 Å². The Labute approximate surface area is 168 Å². The summed E-state index contributed by atoms with van der Waals surface area (Å²) in [5.74, 6) is 0. The van der Waals surface area contributed by atoms with Crippen molar-refractivity contribution < 1.29 is 13.2 Å². The number of benzene rings is 2. The molecule has 28 heavy (non-hydrogen) atoms. The molecule has 0 nitrogen and oxygen atoms in total. The smallest absolute Gasteiger partial charge is 0.166 e. The summed E-state index contributed by atoms with van der Waals surface area (Å²) in [6.07, 6.45) is -2.44. The number of hydrogen-bond donors (Lipinski definition) is 0. The Morgan fingerprint density at radius 1 is 0.500 bits per heavy atom. The van der Waals surface area contributed by atoms with Crippen LogP contribution in [-0.4, -0.2) is 0 Å². The molecule has 154 valence electrons. The highest BCUT2D eigenvalue weighted by molar-refractivity contribution is 5.32. The van der Waals surface area contributed by atoms with E-state index in [0.717, 1.165) is 18.4 Å². The molecule has 0 saturated heterocycles. The van der Waals surface area contributed by atoms with Gasteiger partial charge in [0.15, 0.2) is 0 Å². The third kappa shape index (κ3) is 5.40. The highest BCUT2D eigenvalue weighted by atomic mass is 19.4. The lowest BCUT2D eigenvalue weighted by atomic mass is 9.72. The van der Waals surface area contributed by atoms with E-state index in [-0.39, 0.29) is 16.2 Å². The summed E-state index contributed by atoms with van der Waals surface area (Å²) in [5, 5.41) is 0. The fraction of sp³-hybridized carbons (Fsp3) is 0.520. The standard InChI is InChI=1S/C25H33F3/c1-22(2,3)18-8-10-19(11-9-18)23(4,5)16-17-24(6,7)20-12-14-21(15-13-20)25(26,27)28/h8-15H,16-17H2,1-7H3. The van der Waals surface area contributed by atoms with Crippen LogP contribution in [0.4, 0.5) is 13.2 Å². The summed E-state index contributed by atoms with van der Waals surface area (Å²) >= 11 is 0. The predicted molar refractivity (Wildman–Crippen MR) is 112 cm³/mol. The van der Waals surface area contributed by atoms with Crippen molar-refractivity contribution in [1.82, 2.24) is 0 Å². The Hall–Kier alpha value is -1.77. The average Bonchev–Trinajstić information content (AvgIpc) is 2.59. The van der Waals surface area contributed by atoms with Crippen LogP contribution in [0.3, 0.4) is 0 Å². The summed E-state index contributed by atoms with van der Waals surface area (Å²) in [4.78, 5) is 0. The zero-order valence-corrected chi connectivity index (χ0v) is 18.2. The van der Waals surface area contributed by atoms with Crippen LogP contribution in [0.25, 0.3) is 0 Å². The first kappa shape index (κ1) is 22.5. The highest BCUT2D eigenvalue weighted by Gasteiger charge is 2.32. The van der Waals surface area contributed by atoms with Crippen molar-refractivity contribution in [2.45, 2.75) is 83.7 Å². The molecule has 0 saturated carbocycles. The quantitative estimate of drug-likeness (QED) is 0.484. The van der Waals surface area contributed by atoms with Crippen LogP contribution in [-0.2, 0) is 22.4 Å². The minimum atomic E-state index is -4.29. The van der Waals surface area contributed by atoms with Gasteiger partial charge in [-0.05, 0) is 57.9 Å². The number of halogens is 3. The molecule has 0 bridgehead atoms. The summed E-state index contributed by atoms with van der Waals surface area (Å²) in [6.45, 7) is 15.3. The Kier molecular flexibility index (Phi) is 6.09. The second-order valence-corrected chi connectivity index (χ2v) is 10.2. The van der Waals surface area contributed by atoms with Gasteiger partial charge in [-0.1, -0.05) is 84.9 Å². The van der Waals surface area contributed by atoms with Crippen LogP contribution >= 0.6 is 0 Å². The van der Waals surface area contributed by atoms with Crippen molar-refractivity contribution in [2.75, 3.05) is 0 Å². The fourth-order valence-electron chi connectivity index (χ4n) is 3.45. The first-order chi connectivity index (χ1) is 12.6. The molecule has 0 aromatic heterocycles. The van der Waals surface area contributed by atoms with Crippen molar-refractivity contribution in [3.63, 3.8) is 0 Å². The van der Waals surface area contributed by atoms with Gasteiger partial charge >= 0.3 is 6.18 Å². The lowest BCUT2D eigenvalue weighted by Crippen LogP contribution is -2.24. The normalized spacial score (nSPS) is 13.6. The maximum absolute atomic E-state index is 12.8. The molecular formula is C25H33F3. The molecule has 0 spiro atoms. The van der Waals surface area contributed by atoms with E-state index in [1.807, 2.05) is 0 Å². The van der Waals surface area contributed by atoms with Gasteiger partial charge in [0.2, 0.25) is 0 Å². The summed E-state index contributed by atoms with van der Waals surface area (Å²) in [6, 6.07) is 14.5. The Morgan fingerprint density at radius 2 is 0.786 bits per heavy atom. The Bertz CT molecular complexity index is 701. The highest BCUT2D eigenvalue weighted by Crippen LogP contribution is 2.38. The third-order valence-electron chi connectivity index (χ3n) is 5.90. The third-order valence-corrected chi connectivity index (χ3v) is 5.90. The van der Waals surface area contributed by atoms with E-state index < -0.39 is 11.7 Å². The van der Waals surface area contributed by atoms with Crippen LogP contribution in [0, 0.1) is 0 Å². The number of rotatable bonds is 5. The van der Waals surface area contributed by atoms with E-state index in [9.17, 15) is 13.2 Å². The second-order valence-electron chi connectivity index (χ2n) is 10.2. The second kappa shape index (κ2) is 7.57. The van der Waals surface area contributed by atoms with Gasteiger partial charge in [0.1, 0.15) is 0 Å². The van der Waals surface area contributed by atoms with Crippen LogP contribution in [0.1, 0.15) is 83.6 Å². The van der Waals surface area contributed by atoms with Gasteiger partial charge in [0, 0.05) is 0 Å². The molecule has 0 amide bonds. The summed E-state index contributed by atoms with van der Waals surface area (Å²) in [7, 11) is 0. The van der Waals surface area contributed by atoms with Crippen molar-refractivity contribution in [3.8, 4) is 0 Å². The van der Waals surface area contributed by atoms with E-state index in [4.69, 9.17) is 0 Å². The van der Waals surface area contributed by atoms with E-state index in [1.165, 1.54) is 23.3 Å². The van der Waals surface area contributed by atoms with Gasteiger partial charge < -0.3 is 0 Å². The van der Waals surface area contributed by atoms with Crippen molar-refractivity contribution in [3.05, 3.63) is 70.8 Å². The molecule has 0 unspecified atom stereocenters. The van der Waals surface area contributed by atoms with E-state index >= 15 is 0 Å². The maximum atomic E-state index is 12.8. The molecule has 0 aliphatic carbocycles. The maximum Gasteiger partial charge on any atom is 0.416 e. The molecule has 3 heteroatoms. The molecule has 0 radical (unpaired) electrons. The Balaban J connectivity index is 2.12. The first-order valence-electron chi connectivity index (χ1n) is 9.92. The van der Waals surface area contributed by atoms with Crippen molar-refractivity contribution in [2.24, 2.45) is 0 Å². The van der Waals surface area contributed by atoms with Crippen LogP contribution in [0.5, 0.6) is 0 Å². The average molecular weight is 391 g/mol. The summed E-state index contributed by atoms with van der Waals surface area (Å²) in [5.41, 5.74) is 2.91. The molecule has 0 aliphatic rings. The Morgan fingerprint density at radius 3 is 1.07 bits per heavy atom. The molecule has 0 heterocycles. The monoisotopic (exact) mass is 390 g/mol. The summed E-state index contributed by atoms with van der Waals surface area (Å²) < 4.78 is 38.4. The lowest BCUT2D eigenvalue weighted by Gasteiger charge is -2.32. The topological polar surface area (TPSA) is 0 Å². The van der Waals surface area contributed by atoms with Crippen LogP contribution in [0.15, 0.2) is 48.5 Å². The number of alkyl halides is 3. The van der Waals surface area contributed by atoms with Gasteiger partial charge in [0.25, 0.3) is 0 Å². The number of hydrogen-bond acceptors (Lipinski definition) is 0. The van der Waals surface area contributed by atoms with E-state index in [1.54, 1.807) is 12.1 Å².